The van der Waals surface area contributed by atoms with Crippen LogP contribution >= 0.6 is 0 Å². The van der Waals surface area contributed by atoms with Crippen LogP contribution in [-0.2, 0) is 16.0 Å². The zero-order valence-electron chi connectivity index (χ0n) is 19.0. The van der Waals surface area contributed by atoms with E-state index in [-0.39, 0.29) is 17.9 Å². The predicted octanol–water partition coefficient (Wildman–Crippen LogP) is 4.98. The predicted molar refractivity (Wildman–Crippen MR) is 130 cm³/mol. The maximum atomic E-state index is 13.7. The number of ketones is 1. The lowest BCUT2D eigenvalue weighted by atomic mass is 9.95. The number of rotatable bonds is 6. The van der Waals surface area contributed by atoms with Crippen molar-refractivity contribution in [3.63, 3.8) is 0 Å². The first-order valence-electron chi connectivity index (χ1n) is 11.2. The molecule has 4 aromatic rings. The van der Waals surface area contributed by atoms with E-state index in [0.717, 1.165) is 16.5 Å². The van der Waals surface area contributed by atoms with Crippen molar-refractivity contribution in [3.8, 4) is 5.75 Å². The molecule has 0 spiro atoms. The van der Waals surface area contributed by atoms with Gasteiger partial charge < -0.3 is 19.7 Å². The molecule has 6 nitrogen and oxygen atoms in total. The van der Waals surface area contributed by atoms with Crippen LogP contribution in [0.15, 0.2) is 84.6 Å². The number of fused-ring (bicyclic) bond motifs is 1. The maximum Gasteiger partial charge on any atom is 0.295 e. The minimum absolute atomic E-state index is 0.00611. The summed E-state index contributed by atoms with van der Waals surface area (Å²) >= 11 is 0. The van der Waals surface area contributed by atoms with Crippen molar-refractivity contribution in [3.05, 3.63) is 107 Å². The highest BCUT2D eigenvalue weighted by Gasteiger charge is 2.45. The molecule has 2 heterocycles. The van der Waals surface area contributed by atoms with E-state index in [0.29, 0.717) is 23.3 Å². The number of carbonyl (C=O) groups is 2. The third-order valence-electron chi connectivity index (χ3n) is 6.37. The number of carbonyl (C=O) groups excluding carboxylic acids is 2. The summed E-state index contributed by atoms with van der Waals surface area (Å²) in [6.45, 7) is 0.225. The van der Waals surface area contributed by atoms with Crippen molar-refractivity contribution in [2.45, 2.75) is 12.5 Å². The van der Waals surface area contributed by atoms with Crippen LogP contribution in [0.5, 0.6) is 5.75 Å². The highest BCUT2D eigenvalue weighted by molar-refractivity contribution is 6.46. The number of likely N-dealkylation sites (tertiary alicyclic amines) is 1. The van der Waals surface area contributed by atoms with Gasteiger partial charge in [-0.15, -0.1) is 0 Å². The molecule has 1 atom stereocenters. The Balaban J connectivity index is 1.55. The number of benzene rings is 3. The Kier molecular flexibility index (Phi) is 5.82. The van der Waals surface area contributed by atoms with E-state index in [4.69, 9.17) is 4.74 Å². The molecule has 2 N–H and O–H groups in total. The molecule has 1 aliphatic rings. The number of aliphatic hydroxyl groups excluding tert-OH is 1. The summed E-state index contributed by atoms with van der Waals surface area (Å²) in [5, 5.41) is 12.0. The van der Waals surface area contributed by atoms with Crippen molar-refractivity contribution in [2.75, 3.05) is 13.7 Å². The number of H-pyrrole nitrogens is 1. The Labute approximate surface area is 201 Å². The first-order chi connectivity index (χ1) is 17.0. The van der Waals surface area contributed by atoms with E-state index >= 15 is 0 Å². The molecular weight excluding hydrogens is 447 g/mol. The van der Waals surface area contributed by atoms with Gasteiger partial charge in [-0.1, -0.05) is 42.5 Å². The number of hydrogen-bond acceptors (Lipinski definition) is 4. The van der Waals surface area contributed by atoms with Gasteiger partial charge in [0.05, 0.1) is 18.7 Å². The summed E-state index contributed by atoms with van der Waals surface area (Å²) in [5.74, 6) is -1.43. The monoisotopic (exact) mass is 470 g/mol. The molecule has 0 saturated carbocycles. The standard InChI is InChI=1S/C28H23FN2O4/c1-35-21-11-12-23-22(15-21)19(16-30-23)13-14-31-25(17-7-9-20(29)10-8-17)24(27(33)28(31)34)26(32)18-5-3-2-4-6-18/h2-12,15-16,25,30,32H,13-14H2,1H3/t25-/m0/s1. The summed E-state index contributed by atoms with van der Waals surface area (Å²) in [6.07, 6.45) is 2.33. The van der Waals surface area contributed by atoms with E-state index in [1.807, 2.05) is 24.4 Å². The van der Waals surface area contributed by atoms with Crippen LogP contribution in [0.1, 0.15) is 22.7 Å². The van der Waals surface area contributed by atoms with Crippen LogP contribution in [0, 0.1) is 5.82 Å². The minimum atomic E-state index is -0.837. The SMILES string of the molecule is COc1ccc2[nH]cc(CCN3C(=O)C(=O)C(=C(O)c4ccccc4)[C@@H]3c3ccc(F)cc3)c2c1. The smallest absolute Gasteiger partial charge is 0.295 e. The van der Waals surface area contributed by atoms with Gasteiger partial charge in [-0.3, -0.25) is 9.59 Å². The summed E-state index contributed by atoms with van der Waals surface area (Å²) in [6, 6.07) is 19.1. The molecule has 0 aliphatic carbocycles. The van der Waals surface area contributed by atoms with Crippen molar-refractivity contribution in [2.24, 2.45) is 0 Å². The molecule has 0 unspecified atom stereocenters. The van der Waals surface area contributed by atoms with Crippen LogP contribution in [-0.4, -0.2) is 40.3 Å². The Morgan fingerprint density at radius 1 is 1.06 bits per heavy atom. The van der Waals surface area contributed by atoms with E-state index < -0.39 is 23.5 Å². The zero-order chi connectivity index (χ0) is 24.5. The second-order valence-corrected chi connectivity index (χ2v) is 8.39. The normalized spacial score (nSPS) is 17.3. The van der Waals surface area contributed by atoms with Crippen LogP contribution < -0.4 is 4.74 Å². The van der Waals surface area contributed by atoms with Crippen LogP contribution in [0.2, 0.25) is 0 Å². The van der Waals surface area contributed by atoms with Gasteiger partial charge in [-0.25, -0.2) is 4.39 Å². The van der Waals surface area contributed by atoms with Gasteiger partial charge >= 0.3 is 0 Å². The fraction of sp³-hybridized carbons (Fsp3) is 0.143. The lowest BCUT2D eigenvalue weighted by Crippen LogP contribution is -2.31. The van der Waals surface area contributed by atoms with Crippen LogP contribution in [0.25, 0.3) is 16.7 Å². The molecule has 3 aromatic carbocycles. The number of aromatic nitrogens is 1. The van der Waals surface area contributed by atoms with E-state index in [2.05, 4.69) is 4.98 Å². The first kappa shape index (κ1) is 22.4. The third kappa shape index (κ3) is 4.05. The van der Waals surface area contributed by atoms with Crippen LogP contribution in [0.4, 0.5) is 4.39 Å². The van der Waals surface area contributed by atoms with E-state index in [9.17, 15) is 19.1 Å². The molecule has 0 bridgehead atoms. The van der Waals surface area contributed by atoms with Gasteiger partial charge in [-0.2, -0.15) is 0 Å². The van der Waals surface area contributed by atoms with Gasteiger partial charge in [0.2, 0.25) is 0 Å². The van der Waals surface area contributed by atoms with Crippen molar-refractivity contribution in [1.82, 2.24) is 9.88 Å². The fourth-order valence-electron chi connectivity index (χ4n) is 4.59. The number of nitrogens with zero attached hydrogens (tertiary/aromatic N) is 1. The summed E-state index contributed by atoms with van der Waals surface area (Å²) in [7, 11) is 1.60. The average Bonchev–Trinajstić information content (AvgIpc) is 3.41. The van der Waals surface area contributed by atoms with Crippen LogP contribution in [0.3, 0.4) is 0 Å². The lowest BCUT2D eigenvalue weighted by Gasteiger charge is -2.25. The Hall–Kier alpha value is -4.39. The van der Waals surface area contributed by atoms with Crippen molar-refractivity contribution in [1.29, 1.82) is 0 Å². The third-order valence-corrected chi connectivity index (χ3v) is 6.37. The molecule has 1 aromatic heterocycles. The highest BCUT2D eigenvalue weighted by atomic mass is 19.1. The lowest BCUT2D eigenvalue weighted by molar-refractivity contribution is -0.139. The molecule has 176 valence electrons. The van der Waals surface area contributed by atoms with E-state index in [1.165, 1.54) is 29.2 Å². The molecule has 5 rings (SSSR count). The van der Waals surface area contributed by atoms with Gasteiger partial charge in [0.1, 0.15) is 17.3 Å². The topological polar surface area (TPSA) is 82.6 Å². The Bertz CT molecular complexity index is 1440. The number of halogens is 1. The number of Topliss-reactive ketones (excluding diaryl/α,β-unsaturated/α-hetero) is 1. The fourth-order valence-corrected chi connectivity index (χ4v) is 4.59. The Morgan fingerprint density at radius 2 is 1.80 bits per heavy atom. The zero-order valence-corrected chi connectivity index (χ0v) is 19.0. The number of aliphatic hydroxyl groups is 1. The molecular formula is C28H23FN2O4. The number of methoxy groups -OCH3 is 1. The van der Waals surface area contributed by atoms with Gasteiger partial charge in [0.15, 0.2) is 0 Å². The molecule has 1 amide bonds. The first-order valence-corrected chi connectivity index (χ1v) is 11.2. The number of ether oxygens (including phenoxy) is 1. The molecule has 7 heteroatoms. The highest BCUT2D eigenvalue weighted by Crippen LogP contribution is 2.39. The number of aromatic amines is 1. The molecule has 35 heavy (non-hydrogen) atoms. The summed E-state index contributed by atoms with van der Waals surface area (Å²) in [5.41, 5.74) is 2.86. The van der Waals surface area contributed by atoms with Gasteiger partial charge in [0, 0.05) is 29.2 Å². The number of nitrogens with one attached hydrogen (secondary N) is 1. The summed E-state index contributed by atoms with van der Waals surface area (Å²) in [4.78, 5) is 31.0. The maximum absolute atomic E-state index is 13.7. The van der Waals surface area contributed by atoms with Gasteiger partial charge in [0.25, 0.3) is 11.7 Å². The largest absolute Gasteiger partial charge is 0.507 e. The van der Waals surface area contributed by atoms with E-state index in [1.54, 1.807) is 37.4 Å². The average molecular weight is 471 g/mol. The van der Waals surface area contributed by atoms with Crippen molar-refractivity contribution < 1.29 is 23.8 Å². The molecule has 1 fully saturated rings. The number of hydrogen-bond donors (Lipinski definition) is 2. The molecule has 1 saturated heterocycles. The molecule has 0 radical (unpaired) electrons. The van der Waals surface area contributed by atoms with Gasteiger partial charge in [-0.05, 0) is 47.9 Å². The quantitative estimate of drug-likeness (QED) is 0.237. The minimum Gasteiger partial charge on any atom is -0.507 e. The second kappa shape index (κ2) is 9.10. The Morgan fingerprint density at radius 3 is 2.51 bits per heavy atom. The second-order valence-electron chi connectivity index (χ2n) is 8.39. The molecule has 1 aliphatic heterocycles. The summed E-state index contributed by atoms with van der Waals surface area (Å²) < 4.78 is 19.0. The van der Waals surface area contributed by atoms with Crippen molar-refractivity contribution >= 4 is 28.4 Å². The number of amides is 1.